The van der Waals surface area contributed by atoms with E-state index in [4.69, 9.17) is 16.3 Å². The number of hydrogen-bond donors (Lipinski definition) is 2. The van der Waals surface area contributed by atoms with Crippen LogP contribution in [0.3, 0.4) is 0 Å². The number of sulfonamides is 1. The topological polar surface area (TPSA) is 87.7 Å². The first-order valence-corrected chi connectivity index (χ1v) is 13.1. The molecule has 1 heterocycles. The van der Waals surface area contributed by atoms with Gasteiger partial charge >= 0.3 is 6.18 Å². The molecule has 0 unspecified atom stereocenters. The van der Waals surface area contributed by atoms with E-state index in [-0.39, 0.29) is 47.6 Å². The minimum atomic E-state index is -4.74. The summed E-state index contributed by atoms with van der Waals surface area (Å²) >= 11 is 6.08. The fraction of sp³-hybridized carbons (Fsp3) is 0.240. The monoisotopic (exact) mass is 571 g/mol. The molecule has 0 fully saturated rings. The van der Waals surface area contributed by atoms with Crippen molar-refractivity contribution in [1.29, 1.82) is 0 Å². The highest BCUT2D eigenvalue weighted by Crippen LogP contribution is 2.40. The van der Waals surface area contributed by atoms with Crippen LogP contribution in [0.1, 0.15) is 18.1 Å². The van der Waals surface area contributed by atoms with Crippen LogP contribution in [0.4, 0.5) is 28.9 Å². The Hall–Kier alpha value is -3.51. The van der Waals surface area contributed by atoms with Crippen molar-refractivity contribution in [2.75, 3.05) is 22.7 Å². The van der Waals surface area contributed by atoms with Crippen molar-refractivity contribution in [3.63, 3.8) is 0 Å². The van der Waals surface area contributed by atoms with E-state index >= 15 is 0 Å². The lowest BCUT2D eigenvalue weighted by atomic mass is 10.1. The zero-order valence-corrected chi connectivity index (χ0v) is 21.4. The molecule has 7 nitrogen and oxygen atoms in total. The maximum atomic E-state index is 14.2. The summed E-state index contributed by atoms with van der Waals surface area (Å²) in [6.45, 7) is 0.952. The highest BCUT2D eigenvalue weighted by Gasteiger charge is 2.37. The number of carbonyl (C=O) groups is 1. The highest BCUT2D eigenvalue weighted by atomic mass is 35.5. The van der Waals surface area contributed by atoms with Gasteiger partial charge in [-0.25, -0.2) is 12.8 Å². The number of ether oxygens (including phenoxy) is 1. The number of amides is 1. The summed E-state index contributed by atoms with van der Waals surface area (Å²) in [5.41, 5.74) is -0.465. The number of nitrogens with one attached hydrogen (secondary N) is 2. The number of nitrogens with zero attached hydrogens (tertiary/aromatic N) is 1. The Labute approximate surface area is 221 Å². The third-order valence-electron chi connectivity index (χ3n) is 5.75. The van der Waals surface area contributed by atoms with Gasteiger partial charge < -0.3 is 15.4 Å². The summed E-state index contributed by atoms with van der Waals surface area (Å²) in [5.74, 6) is -0.754. The Morgan fingerprint density at radius 2 is 1.87 bits per heavy atom. The van der Waals surface area contributed by atoms with Crippen molar-refractivity contribution < 1.29 is 35.5 Å². The Morgan fingerprint density at radius 1 is 1.13 bits per heavy atom. The Morgan fingerprint density at radius 3 is 2.55 bits per heavy atom. The second kappa shape index (κ2) is 10.7. The van der Waals surface area contributed by atoms with Crippen molar-refractivity contribution >= 4 is 38.9 Å². The Balaban J connectivity index is 1.71. The van der Waals surface area contributed by atoms with Gasteiger partial charge in [-0.15, -0.1) is 0 Å². The molecule has 0 saturated carbocycles. The molecule has 0 saturated heterocycles. The number of fused-ring (bicyclic) bond motifs is 1. The van der Waals surface area contributed by atoms with Gasteiger partial charge in [0, 0.05) is 29.7 Å². The van der Waals surface area contributed by atoms with E-state index in [1.807, 2.05) is 0 Å². The molecule has 2 N–H and O–H groups in total. The van der Waals surface area contributed by atoms with Gasteiger partial charge in [0.25, 0.3) is 10.0 Å². The van der Waals surface area contributed by atoms with Crippen molar-refractivity contribution in [3.8, 4) is 5.75 Å². The first-order valence-electron chi connectivity index (χ1n) is 11.3. The molecule has 1 atom stereocenters. The van der Waals surface area contributed by atoms with Crippen LogP contribution < -0.4 is 19.7 Å². The average molecular weight is 572 g/mol. The lowest BCUT2D eigenvalue weighted by Gasteiger charge is -2.36. The van der Waals surface area contributed by atoms with Gasteiger partial charge in [-0.1, -0.05) is 23.7 Å². The third kappa shape index (κ3) is 5.97. The molecule has 0 bridgehead atoms. The molecule has 0 aromatic heterocycles. The summed E-state index contributed by atoms with van der Waals surface area (Å²) in [7, 11) is -4.50. The van der Waals surface area contributed by atoms with Crippen molar-refractivity contribution in [3.05, 3.63) is 82.6 Å². The third-order valence-corrected chi connectivity index (χ3v) is 7.88. The average Bonchev–Trinajstić information content (AvgIpc) is 2.86. The number of hydrogen-bond acceptors (Lipinski definition) is 5. The molecular weight excluding hydrogens is 550 g/mol. The summed E-state index contributed by atoms with van der Waals surface area (Å²) < 4.78 is 88.1. The van der Waals surface area contributed by atoms with Crippen LogP contribution in [0.15, 0.2) is 65.6 Å². The maximum Gasteiger partial charge on any atom is 0.416 e. The van der Waals surface area contributed by atoms with Gasteiger partial charge in [0.2, 0.25) is 5.91 Å². The zero-order chi connectivity index (χ0) is 27.7. The normalized spacial score (nSPS) is 15.4. The van der Waals surface area contributed by atoms with E-state index in [1.165, 1.54) is 37.3 Å². The number of rotatable bonds is 7. The number of anilines is 2. The predicted molar refractivity (Wildman–Crippen MR) is 134 cm³/mol. The lowest BCUT2D eigenvalue weighted by Crippen LogP contribution is -2.48. The van der Waals surface area contributed by atoms with E-state index in [0.717, 1.165) is 22.5 Å². The zero-order valence-electron chi connectivity index (χ0n) is 19.9. The van der Waals surface area contributed by atoms with E-state index in [9.17, 15) is 30.8 Å². The van der Waals surface area contributed by atoms with E-state index in [0.29, 0.717) is 11.8 Å². The fourth-order valence-corrected chi connectivity index (χ4v) is 5.64. The number of carbonyl (C=O) groups excluding carboxylic acids is 1. The molecule has 0 radical (unpaired) electrons. The first-order chi connectivity index (χ1) is 17.9. The molecule has 3 aromatic rings. The standard InChI is InChI=1S/C25H22ClF4N3O4S/c1-15(34)31-12-18-14-33(38(35,36)19-5-2-4-16(10-19)25(28,29)30)23-11-17(8-9-24(23)37-18)32-13-20-21(26)6-3-7-22(20)27/h2-11,18,32H,12-14H2,1H3,(H,31,34)/t18-/m0/s1. The lowest BCUT2D eigenvalue weighted by molar-refractivity contribution is -0.137. The van der Waals surface area contributed by atoms with Crippen LogP contribution >= 0.6 is 11.6 Å². The minimum absolute atomic E-state index is 0.0172. The molecule has 4 rings (SSSR count). The van der Waals surface area contributed by atoms with Gasteiger partial charge in [-0.2, -0.15) is 13.2 Å². The van der Waals surface area contributed by atoms with Crippen LogP contribution in [0.5, 0.6) is 5.75 Å². The summed E-state index contributed by atoms with van der Waals surface area (Å²) in [5, 5.41) is 5.73. The van der Waals surface area contributed by atoms with E-state index < -0.39 is 38.6 Å². The summed E-state index contributed by atoms with van der Waals surface area (Å²) in [4.78, 5) is 10.8. The molecule has 1 amide bonds. The largest absolute Gasteiger partial charge is 0.484 e. The molecule has 13 heteroatoms. The molecule has 0 spiro atoms. The van der Waals surface area contributed by atoms with Crippen molar-refractivity contribution in [2.45, 2.75) is 30.6 Å². The van der Waals surface area contributed by atoms with Gasteiger partial charge in [0.1, 0.15) is 17.7 Å². The minimum Gasteiger partial charge on any atom is -0.484 e. The van der Waals surface area contributed by atoms with Crippen LogP contribution in [0, 0.1) is 5.82 Å². The van der Waals surface area contributed by atoms with E-state index in [2.05, 4.69) is 10.6 Å². The number of benzene rings is 3. The summed E-state index contributed by atoms with van der Waals surface area (Å²) in [6, 6.07) is 12.2. The maximum absolute atomic E-state index is 14.2. The van der Waals surface area contributed by atoms with Gasteiger partial charge in [-0.05, 0) is 48.5 Å². The van der Waals surface area contributed by atoms with Crippen LogP contribution in [0.25, 0.3) is 0 Å². The molecule has 202 valence electrons. The number of halogens is 5. The first kappa shape index (κ1) is 27.5. The molecule has 0 aliphatic carbocycles. The second-order valence-electron chi connectivity index (χ2n) is 8.47. The second-order valence-corrected chi connectivity index (χ2v) is 10.7. The quantitative estimate of drug-likeness (QED) is 0.381. The molecule has 1 aliphatic rings. The van der Waals surface area contributed by atoms with Crippen molar-refractivity contribution in [2.24, 2.45) is 0 Å². The fourth-order valence-electron chi connectivity index (χ4n) is 3.87. The number of alkyl halides is 3. The highest BCUT2D eigenvalue weighted by molar-refractivity contribution is 7.92. The summed E-state index contributed by atoms with van der Waals surface area (Å²) in [6.07, 6.45) is -5.56. The van der Waals surface area contributed by atoms with Gasteiger partial charge in [0.05, 0.1) is 29.2 Å². The van der Waals surface area contributed by atoms with Crippen molar-refractivity contribution in [1.82, 2.24) is 5.32 Å². The predicted octanol–water partition coefficient (Wildman–Crippen LogP) is 5.20. The molecule has 38 heavy (non-hydrogen) atoms. The van der Waals surface area contributed by atoms with Crippen LogP contribution in [0.2, 0.25) is 5.02 Å². The molecular formula is C25H22ClF4N3O4S. The molecule has 1 aliphatic heterocycles. The Kier molecular flexibility index (Phi) is 7.75. The van der Waals surface area contributed by atoms with Crippen LogP contribution in [-0.4, -0.2) is 33.5 Å². The van der Waals surface area contributed by atoms with E-state index in [1.54, 1.807) is 6.07 Å². The Bertz CT molecular complexity index is 1450. The van der Waals surface area contributed by atoms with Crippen LogP contribution in [-0.2, 0) is 27.5 Å². The molecule has 3 aromatic carbocycles. The van der Waals surface area contributed by atoms with Gasteiger partial charge in [-0.3, -0.25) is 9.10 Å². The van der Waals surface area contributed by atoms with Gasteiger partial charge in [0.15, 0.2) is 0 Å². The SMILES string of the molecule is CC(=O)NC[C@H]1CN(S(=O)(=O)c2cccc(C(F)(F)F)c2)c2cc(NCc3c(F)cccc3Cl)ccc2O1. The smallest absolute Gasteiger partial charge is 0.416 e.